The van der Waals surface area contributed by atoms with E-state index in [0.717, 1.165) is 31.2 Å². The first kappa shape index (κ1) is 10.7. The molecule has 0 amide bonds. The van der Waals surface area contributed by atoms with Crippen molar-refractivity contribution in [2.75, 3.05) is 18.0 Å². The van der Waals surface area contributed by atoms with Gasteiger partial charge in [0.25, 0.3) is 0 Å². The number of halogens is 1. The molecular formula is C11H16ClN3. The van der Waals surface area contributed by atoms with Crippen molar-refractivity contribution in [1.82, 2.24) is 10.2 Å². The van der Waals surface area contributed by atoms with Crippen LogP contribution in [0.4, 0.5) is 5.82 Å². The Kier molecular flexibility index (Phi) is 3.41. The van der Waals surface area contributed by atoms with Gasteiger partial charge in [-0.3, -0.25) is 0 Å². The van der Waals surface area contributed by atoms with Crippen LogP contribution >= 0.6 is 11.6 Å². The Labute approximate surface area is 95.5 Å². The van der Waals surface area contributed by atoms with Crippen LogP contribution in [0.1, 0.15) is 26.2 Å². The van der Waals surface area contributed by atoms with Crippen molar-refractivity contribution in [2.24, 2.45) is 5.92 Å². The highest BCUT2D eigenvalue weighted by Gasteiger charge is 2.24. The van der Waals surface area contributed by atoms with Gasteiger partial charge in [0.05, 0.1) is 0 Å². The highest BCUT2D eigenvalue weighted by Crippen LogP contribution is 2.31. The maximum absolute atomic E-state index is 5.72. The van der Waals surface area contributed by atoms with Gasteiger partial charge < -0.3 is 4.90 Å². The molecule has 4 heteroatoms. The lowest BCUT2D eigenvalue weighted by Gasteiger charge is -2.22. The van der Waals surface area contributed by atoms with Crippen LogP contribution in [0.25, 0.3) is 0 Å². The molecule has 82 valence electrons. The molecule has 2 rings (SSSR count). The smallest absolute Gasteiger partial charge is 0.151 e. The highest BCUT2D eigenvalue weighted by atomic mass is 35.5. The topological polar surface area (TPSA) is 29.0 Å². The van der Waals surface area contributed by atoms with Gasteiger partial charge in [-0.1, -0.05) is 18.5 Å². The third-order valence-corrected chi connectivity index (χ3v) is 2.81. The zero-order valence-electron chi connectivity index (χ0n) is 8.99. The number of rotatable bonds is 5. The van der Waals surface area contributed by atoms with Crippen LogP contribution in [0.5, 0.6) is 0 Å². The molecule has 1 fully saturated rings. The second-order valence-electron chi connectivity index (χ2n) is 4.10. The first-order valence-corrected chi connectivity index (χ1v) is 5.91. The summed E-state index contributed by atoms with van der Waals surface area (Å²) in [5, 5.41) is 8.47. The zero-order valence-corrected chi connectivity index (χ0v) is 9.74. The highest BCUT2D eigenvalue weighted by molar-refractivity contribution is 6.29. The van der Waals surface area contributed by atoms with Gasteiger partial charge >= 0.3 is 0 Å². The van der Waals surface area contributed by atoms with Crippen molar-refractivity contribution in [3.05, 3.63) is 17.3 Å². The molecule has 0 bridgehead atoms. The van der Waals surface area contributed by atoms with Crippen molar-refractivity contribution >= 4 is 17.4 Å². The molecule has 0 saturated heterocycles. The van der Waals surface area contributed by atoms with Gasteiger partial charge in [-0.2, -0.15) is 0 Å². The van der Waals surface area contributed by atoms with Crippen LogP contribution in [0.2, 0.25) is 5.15 Å². The van der Waals surface area contributed by atoms with E-state index >= 15 is 0 Å². The predicted molar refractivity (Wildman–Crippen MR) is 62.3 cm³/mol. The van der Waals surface area contributed by atoms with Gasteiger partial charge in [-0.25, -0.2) is 0 Å². The van der Waals surface area contributed by atoms with E-state index in [1.807, 2.05) is 6.07 Å². The molecule has 1 aliphatic rings. The Morgan fingerprint density at radius 1 is 1.40 bits per heavy atom. The predicted octanol–water partition coefficient (Wildman–Crippen LogP) is 2.76. The molecule has 0 unspecified atom stereocenters. The summed E-state index contributed by atoms with van der Waals surface area (Å²) in [7, 11) is 0. The van der Waals surface area contributed by atoms with Gasteiger partial charge in [-0.05, 0) is 37.3 Å². The number of hydrogen-bond donors (Lipinski definition) is 0. The lowest BCUT2D eigenvalue weighted by molar-refractivity contribution is 0.693. The Morgan fingerprint density at radius 3 is 2.73 bits per heavy atom. The maximum atomic E-state index is 5.72. The molecule has 1 aromatic rings. The number of nitrogens with zero attached hydrogens (tertiary/aromatic N) is 3. The van der Waals surface area contributed by atoms with E-state index in [4.69, 9.17) is 11.6 Å². The quantitative estimate of drug-likeness (QED) is 0.772. The summed E-state index contributed by atoms with van der Waals surface area (Å²) in [4.78, 5) is 2.31. The number of aromatic nitrogens is 2. The standard InChI is InChI=1S/C11H16ClN3/c1-2-7-15(8-9-3-4-9)11-6-5-10(12)13-14-11/h5-6,9H,2-4,7-8H2,1H3. The minimum atomic E-state index is 0.460. The zero-order chi connectivity index (χ0) is 10.7. The van der Waals surface area contributed by atoms with Crippen LogP contribution in [-0.2, 0) is 0 Å². The Balaban J connectivity index is 2.04. The normalized spacial score (nSPS) is 15.3. The molecule has 0 aliphatic heterocycles. The minimum absolute atomic E-state index is 0.460. The third kappa shape index (κ3) is 3.06. The average molecular weight is 226 g/mol. The van der Waals surface area contributed by atoms with Crippen LogP contribution in [0.3, 0.4) is 0 Å². The van der Waals surface area contributed by atoms with Gasteiger partial charge in [0.15, 0.2) is 11.0 Å². The van der Waals surface area contributed by atoms with Crippen LogP contribution < -0.4 is 4.90 Å². The molecule has 15 heavy (non-hydrogen) atoms. The average Bonchev–Trinajstić information content (AvgIpc) is 3.02. The Morgan fingerprint density at radius 2 is 2.20 bits per heavy atom. The van der Waals surface area contributed by atoms with Crippen molar-refractivity contribution in [1.29, 1.82) is 0 Å². The van der Waals surface area contributed by atoms with Crippen molar-refractivity contribution in [2.45, 2.75) is 26.2 Å². The van der Waals surface area contributed by atoms with Gasteiger partial charge in [0.2, 0.25) is 0 Å². The fourth-order valence-electron chi connectivity index (χ4n) is 1.66. The molecule has 1 aliphatic carbocycles. The minimum Gasteiger partial charge on any atom is -0.355 e. The van der Waals surface area contributed by atoms with E-state index in [9.17, 15) is 0 Å². The van der Waals surface area contributed by atoms with Crippen molar-refractivity contribution in [3.63, 3.8) is 0 Å². The molecule has 1 heterocycles. The molecule has 0 N–H and O–H groups in total. The van der Waals surface area contributed by atoms with E-state index in [0.29, 0.717) is 5.15 Å². The molecule has 1 aromatic heterocycles. The summed E-state index contributed by atoms with van der Waals surface area (Å²) in [6.45, 7) is 4.35. The first-order valence-electron chi connectivity index (χ1n) is 5.53. The van der Waals surface area contributed by atoms with Gasteiger partial charge in [0.1, 0.15) is 0 Å². The molecule has 0 spiro atoms. The van der Waals surface area contributed by atoms with E-state index in [1.54, 1.807) is 6.07 Å². The SMILES string of the molecule is CCCN(CC1CC1)c1ccc(Cl)nn1. The van der Waals surface area contributed by atoms with E-state index in [2.05, 4.69) is 22.0 Å². The fraction of sp³-hybridized carbons (Fsp3) is 0.636. The molecule has 1 saturated carbocycles. The third-order valence-electron chi connectivity index (χ3n) is 2.61. The van der Waals surface area contributed by atoms with E-state index in [-0.39, 0.29) is 0 Å². The summed E-state index contributed by atoms with van der Waals surface area (Å²) in [6, 6.07) is 3.76. The van der Waals surface area contributed by atoms with Crippen LogP contribution in [0.15, 0.2) is 12.1 Å². The van der Waals surface area contributed by atoms with Crippen molar-refractivity contribution < 1.29 is 0 Å². The number of hydrogen-bond acceptors (Lipinski definition) is 3. The largest absolute Gasteiger partial charge is 0.355 e. The summed E-state index contributed by atoms with van der Waals surface area (Å²) < 4.78 is 0. The second kappa shape index (κ2) is 4.79. The van der Waals surface area contributed by atoms with E-state index < -0.39 is 0 Å². The molecule has 3 nitrogen and oxygen atoms in total. The summed E-state index contributed by atoms with van der Waals surface area (Å²) >= 11 is 5.72. The summed E-state index contributed by atoms with van der Waals surface area (Å²) in [5.41, 5.74) is 0. The Bertz CT molecular complexity index is 308. The number of anilines is 1. The monoisotopic (exact) mass is 225 g/mol. The van der Waals surface area contributed by atoms with Gasteiger partial charge in [0, 0.05) is 13.1 Å². The Hall–Kier alpha value is -0.830. The summed E-state index contributed by atoms with van der Waals surface area (Å²) in [5.74, 6) is 1.82. The van der Waals surface area contributed by atoms with Crippen molar-refractivity contribution in [3.8, 4) is 0 Å². The summed E-state index contributed by atoms with van der Waals surface area (Å²) in [6.07, 6.45) is 3.86. The lowest BCUT2D eigenvalue weighted by Crippen LogP contribution is -2.27. The molecule has 0 radical (unpaired) electrons. The fourth-order valence-corrected chi connectivity index (χ4v) is 1.76. The van der Waals surface area contributed by atoms with Crippen LogP contribution in [-0.4, -0.2) is 23.3 Å². The molecular weight excluding hydrogens is 210 g/mol. The van der Waals surface area contributed by atoms with Gasteiger partial charge in [-0.15, -0.1) is 10.2 Å². The second-order valence-corrected chi connectivity index (χ2v) is 4.49. The molecule has 0 atom stereocenters. The first-order chi connectivity index (χ1) is 7.29. The van der Waals surface area contributed by atoms with Crippen LogP contribution in [0, 0.1) is 5.92 Å². The lowest BCUT2D eigenvalue weighted by atomic mass is 10.3. The maximum Gasteiger partial charge on any atom is 0.151 e. The molecule has 0 aromatic carbocycles. The van der Waals surface area contributed by atoms with E-state index in [1.165, 1.54) is 12.8 Å².